The maximum absolute atomic E-state index is 6.28. The number of hydrogen-bond donors (Lipinski definition) is 0. The second kappa shape index (κ2) is 7.67. The van der Waals surface area contributed by atoms with Crippen LogP contribution in [0.3, 0.4) is 0 Å². The minimum Gasteiger partial charge on any atom is -0.487 e. The Morgan fingerprint density at radius 2 is 1.91 bits per heavy atom. The van der Waals surface area contributed by atoms with Crippen LogP contribution in [-0.2, 0) is 6.42 Å². The van der Waals surface area contributed by atoms with Gasteiger partial charge >= 0.3 is 0 Å². The number of hydrogen-bond acceptors (Lipinski definition) is 1. The number of allylic oxidation sites excluding steroid dienone is 4. The molecule has 0 spiro atoms. The molecule has 0 unspecified atom stereocenters. The molecular weight excluding hydrogens is 268 g/mol. The van der Waals surface area contributed by atoms with E-state index in [0.717, 1.165) is 37.9 Å². The first-order valence-corrected chi connectivity index (χ1v) is 8.54. The molecule has 1 heteroatoms. The van der Waals surface area contributed by atoms with Crippen LogP contribution in [0.4, 0.5) is 0 Å². The van der Waals surface area contributed by atoms with Crippen molar-refractivity contribution in [3.63, 3.8) is 0 Å². The van der Waals surface area contributed by atoms with Crippen molar-refractivity contribution in [3.8, 4) is 5.75 Å². The Bertz CT molecular complexity index is 549. The van der Waals surface area contributed by atoms with Crippen molar-refractivity contribution in [3.05, 3.63) is 53.1 Å². The number of fused-ring (bicyclic) bond motifs is 1. The molecule has 0 bridgehead atoms. The van der Waals surface area contributed by atoms with Gasteiger partial charge in [-0.05, 0) is 77.8 Å². The van der Waals surface area contributed by atoms with E-state index in [2.05, 4.69) is 64.1 Å². The molecule has 2 rings (SSSR count). The summed E-state index contributed by atoms with van der Waals surface area (Å²) in [5.74, 6) is 1.08. The van der Waals surface area contributed by atoms with Crippen LogP contribution >= 0.6 is 0 Å². The Labute approximate surface area is 136 Å². The normalized spacial score (nSPS) is 21.0. The predicted molar refractivity (Wildman–Crippen MR) is 95.5 cm³/mol. The molecule has 0 radical (unpaired) electrons. The van der Waals surface area contributed by atoms with Gasteiger partial charge in [0.05, 0.1) is 0 Å². The standard InChI is InChI=1S/C21H30O/c1-17(2)9-7-10-18(3)11-8-15-21(4)16-14-19-12-5-6-13-20(19)22-21/h5-6,9,11-13H,7-8,10,14-16H2,1-4H3/b18-11+/t21-/m1/s1. The van der Waals surface area contributed by atoms with Crippen molar-refractivity contribution in [2.45, 2.75) is 71.8 Å². The highest BCUT2D eigenvalue weighted by Gasteiger charge is 2.30. The smallest absolute Gasteiger partial charge is 0.123 e. The van der Waals surface area contributed by atoms with Crippen LogP contribution in [0, 0.1) is 0 Å². The summed E-state index contributed by atoms with van der Waals surface area (Å²) in [4.78, 5) is 0. The van der Waals surface area contributed by atoms with Crippen LogP contribution < -0.4 is 4.74 Å². The van der Waals surface area contributed by atoms with Gasteiger partial charge in [-0.2, -0.15) is 0 Å². The highest BCUT2D eigenvalue weighted by atomic mass is 16.5. The van der Waals surface area contributed by atoms with Gasteiger partial charge in [-0.25, -0.2) is 0 Å². The van der Waals surface area contributed by atoms with Crippen molar-refractivity contribution in [2.24, 2.45) is 0 Å². The number of aryl methyl sites for hydroxylation is 1. The minimum absolute atomic E-state index is 0.00889. The number of benzene rings is 1. The topological polar surface area (TPSA) is 9.23 Å². The lowest BCUT2D eigenvalue weighted by Gasteiger charge is -2.35. The van der Waals surface area contributed by atoms with Gasteiger partial charge in [0.1, 0.15) is 11.4 Å². The van der Waals surface area contributed by atoms with Gasteiger partial charge in [0, 0.05) is 0 Å². The zero-order valence-corrected chi connectivity index (χ0v) is 14.6. The van der Waals surface area contributed by atoms with E-state index in [-0.39, 0.29) is 5.60 Å². The third kappa shape index (κ3) is 5.05. The summed E-state index contributed by atoms with van der Waals surface area (Å²) in [6.45, 7) is 8.84. The molecule has 1 heterocycles. The van der Waals surface area contributed by atoms with E-state index in [1.807, 2.05) is 0 Å². The van der Waals surface area contributed by atoms with E-state index in [1.165, 1.54) is 23.1 Å². The Morgan fingerprint density at radius 3 is 2.68 bits per heavy atom. The summed E-state index contributed by atoms with van der Waals surface area (Å²) in [6.07, 6.45) is 11.5. The van der Waals surface area contributed by atoms with Crippen molar-refractivity contribution in [1.29, 1.82) is 0 Å². The lowest BCUT2D eigenvalue weighted by Crippen LogP contribution is -2.36. The van der Waals surface area contributed by atoms with E-state index >= 15 is 0 Å². The lowest BCUT2D eigenvalue weighted by atomic mass is 9.88. The zero-order valence-electron chi connectivity index (χ0n) is 14.6. The van der Waals surface area contributed by atoms with Gasteiger partial charge in [0.25, 0.3) is 0 Å². The molecule has 120 valence electrons. The zero-order chi connectivity index (χ0) is 16.0. The molecule has 1 nitrogen and oxygen atoms in total. The number of ether oxygens (including phenoxy) is 1. The fourth-order valence-electron chi connectivity index (χ4n) is 3.02. The Hall–Kier alpha value is -1.50. The summed E-state index contributed by atoms with van der Waals surface area (Å²) in [7, 11) is 0. The third-order valence-corrected chi connectivity index (χ3v) is 4.51. The molecule has 1 aromatic rings. The summed E-state index contributed by atoms with van der Waals surface area (Å²) in [5.41, 5.74) is 4.26. The van der Waals surface area contributed by atoms with Crippen molar-refractivity contribution < 1.29 is 4.74 Å². The molecule has 0 saturated heterocycles. The first-order chi connectivity index (χ1) is 10.5. The van der Waals surface area contributed by atoms with Crippen LogP contribution in [0.5, 0.6) is 5.75 Å². The van der Waals surface area contributed by atoms with E-state index < -0.39 is 0 Å². The van der Waals surface area contributed by atoms with Gasteiger partial charge in [-0.1, -0.05) is 41.5 Å². The van der Waals surface area contributed by atoms with Crippen LogP contribution in [0.25, 0.3) is 0 Å². The largest absolute Gasteiger partial charge is 0.487 e. The van der Waals surface area contributed by atoms with E-state index in [1.54, 1.807) is 0 Å². The van der Waals surface area contributed by atoms with E-state index in [9.17, 15) is 0 Å². The van der Waals surface area contributed by atoms with Gasteiger partial charge in [0.2, 0.25) is 0 Å². The highest BCUT2D eigenvalue weighted by Crippen LogP contribution is 2.35. The molecule has 0 N–H and O–H groups in total. The average molecular weight is 298 g/mol. The van der Waals surface area contributed by atoms with E-state index in [4.69, 9.17) is 4.74 Å². The molecule has 1 aliphatic rings. The van der Waals surface area contributed by atoms with Crippen LogP contribution in [-0.4, -0.2) is 5.60 Å². The summed E-state index contributed by atoms with van der Waals surface area (Å²) in [6, 6.07) is 8.46. The quantitative estimate of drug-likeness (QED) is 0.564. The van der Waals surface area contributed by atoms with E-state index in [0.29, 0.717) is 0 Å². The molecule has 0 amide bonds. The second-order valence-corrected chi connectivity index (χ2v) is 7.07. The molecule has 0 saturated carbocycles. The summed E-state index contributed by atoms with van der Waals surface area (Å²) in [5, 5.41) is 0. The van der Waals surface area contributed by atoms with Crippen molar-refractivity contribution in [2.75, 3.05) is 0 Å². The van der Waals surface area contributed by atoms with Gasteiger partial charge in [-0.3, -0.25) is 0 Å². The maximum atomic E-state index is 6.28. The minimum atomic E-state index is -0.00889. The maximum Gasteiger partial charge on any atom is 0.123 e. The SMILES string of the molecule is CC(C)=CCC/C(C)=C/CC[C@]1(C)CCc2ccccc2O1. The molecular formula is C21H30O. The summed E-state index contributed by atoms with van der Waals surface area (Å²) >= 11 is 0. The summed E-state index contributed by atoms with van der Waals surface area (Å²) < 4.78 is 6.28. The first kappa shape index (κ1) is 16.9. The number of rotatable bonds is 6. The molecule has 1 aromatic carbocycles. The Balaban J connectivity index is 1.83. The second-order valence-electron chi connectivity index (χ2n) is 7.07. The van der Waals surface area contributed by atoms with Gasteiger partial charge in [0.15, 0.2) is 0 Å². The van der Waals surface area contributed by atoms with Crippen molar-refractivity contribution in [1.82, 2.24) is 0 Å². The van der Waals surface area contributed by atoms with Gasteiger partial charge in [-0.15, -0.1) is 0 Å². The van der Waals surface area contributed by atoms with Crippen LogP contribution in [0.15, 0.2) is 47.6 Å². The average Bonchev–Trinajstić information content (AvgIpc) is 2.46. The molecule has 22 heavy (non-hydrogen) atoms. The molecule has 1 atom stereocenters. The molecule has 0 fully saturated rings. The monoisotopic (exact) mass is 298 g/mol. The van der Waals surface area contributed by atoms with Crippen molar-refractivity contribution >= 4 is 0 Å². The molecule has 0 aromatic heterocycles. The van der Waals surface area contributed by atoms with Crippen LogP contribution in [0.1, 0.15) is 65.4 Å². The predicted octanol–water partition coefficient (Wildman–Crippen LogP) is 6.24. The highest BCUT2D eigenvalue weighted by molar-refractivity contribution is 5.35. The lowest BCUT2D eigenvalue weighted by molar-refractivity contribution is 0.0572. The molecule has 1 aliphatic heterocycles. The Kier molecular flexibility index (Phi) is 5.88. The van der Waals surface area contributed by atoms with Crippen LogP contribution in [0.2, 0.25) is 0 Å². The number of para-hydroxylation sites is 1. The first-order valence-electron chi connectivity index (χ1n) is 8.54. The fraction of sp³-hybridized carbons (Fsp3) is 0.524. The third-order valence-electron chi connectivity index (χ3n) is 4.51. The Morgan fingerprint density at radius 1 is 1.14 bits per heavy atom. The van der Waals surface area contributed by atoms with Gasteiger partial charge < -0.3 is 4.74 Å². The fourth-order valence-corrected chi connectivity index (χ4v) is 3.02. The molecule has 0 aliphatic carbocycles.